The molecule has 1 aliphatic rings. The summed E-state index contributed by atoms with van der Waals surface area (Å²) in [6.45, 7) is 11.1. The third-order valence-electron chi connectivity index (χ3n) is 4.34. The van der Waals surface area contributed by atoms with E-state index >= 15 is 0 Å². The molecule has 1 saturated heterocycles. The minimum Gasteiger partial charge on any atom is -0.458 e. The van der Waals surface area contributed by atoms with Crippen molar-refractivity contribution >= 4 is 11.9 Å². The maximum atomic E-state index is 12.2. The number of esters is 2. The molecule has 0 aromatic heterocycles. The standard InChI is InChI=1S/C14H24O4/c1-7-13(5,6)12(16)18-14(8-2)9(3)11(15)17-10(14)4/h9-10H,7-8H2,1-6H3. The van der Waals surface area contributed by atoms with Crippen molar-refractivity contribution in [2.45, 2.75) is 66.1 Å². The molecule has 3 unspecified atom stereocenters. The number of hydrogen-bond donors (Lipinski definition) is 0. The zero-order valence-corrected chi connectivity index (χ0v) is 12.2. The van der Waals surface area contributed by atoms with Gasteiger partial charge >= 0.3 is 11.9 Å². The molecule has 0 spiro atoms. The van der Waals surface area contributed by atoms with Crippen molar-refractivity contribution in [3.8, 4) is 0 Å². The Morgan fingerprint density at radius 3 is 2.28 bits per heavy atom. The van der Waals surface area contributed by atoms with Crippen LogP contribution in [0.1, 0.15) is 54.4 Å². The summed E-state index contributed by atoms with van der Waals surface area (Å²) in [6, 6.07) is 0. The molecule has 0 aromatic carbocycles. The Kier molecular flexibility index (Phi) is 4.08. The Morgan fingerprint density at radius 2 is 1.94 bits per heavy atom. The van der Waals surface area contributed by atoms with E-state index in [1.54, 1.807) is 13.8 Å². The number of carbonyl (C=O) groups excluding carboxylic acids is 2. The maximum Gasteiger partial charge on any atom is 0.313 e. The average molecular weight is 256 g/mol. The van der Waals surface area contributed by atoms with Crippen molar-refractivity contribution in [3.63, 3.8) is 0 Å². The third kappa shape index (κ3) is 2.25. The Bertz CT molecular complexity index is 348. The normalized spacial score (nSPS) is 32.2. The fraction of sp³-hybridized carbons (Fsp3) is 0.857. The van der Waals surface area contributed by atoms with E-state index in [2.05, 4.69) is 0 Å². The lowest BCUT2D eigenvalue weighted by molar-refractivity contribution is -0.180. The van der Waals surface area contributed by atoms with Crippen molar-refractivity contribution in [2.24, 2.45) is 11.3 Å². The quantitative estimate of drug-likeness (QED) is 0.726. The van der Waals surface area contributed by atoms with Gasteiger partial charge in [0.15, 0.2) is 5.60 Å². The summed E-state index contributed by atoms with van der Waals surface area (Å²) in [5.41, 5.74) is -1.35. The van der Waals surface area contributed by atoms with Crippen LogP contribution in [0.5, 0.6) is 0 Å². The molecule has 104 valence electrons. The molecule has 0 saturated carbocycles. The number of carbonyl (C=O) groups is 2. The largest absolute Gasteiger partial charge is 0.458 e. The van der Waals surface area contributed by atoms with Gasteiger partial charge in [0.25, 0.3) is 0 Å². The van der Waals surface area contributed by atoms with Gasteiger partial charge in [0.1, 0.15) is 6.10 Å². The first-order valence-electron chi connectivity index (χ1n) is 6.65. The third-order valence-corrected chi connectivity index (χ3v) is 4.34. The van der Waals surface area contributed by atoms with Crippen molar-refractivity contribution in [2.75, 3.05) is 0 Å². The predicted molar refractivity (Wildman–Crippen MR) is 67.9 cm³/mol. The van der Waals surface area contributed by atoms with E-state index in [0.29, 0.717) is 12.8 Å². The van der Waals surface area contributed by atoms with Crippen molar-refractivity contribution in [3.05, 3.63) is 0 Å². The molecule has 0 radical (unpaired) electrons. The zero-order chi connectivity index (χ0) is 14.1. The van der Waals surface area contributed by atoms with Crippen molar-refractivity contribution in [1.82, 2.24) is 0 Å². The lowest BCUT2D eigenvalue weighted by Crippen LogP contribution is -2.48. The van der Waals surface area contributed by atoms with Crippen molar-refractivity contribution < 1.29 is 19.1 Å². The molecule has 1 rings (SSSR count). The highest BCUT2D eigenvalue weighted by atomic mass is 16.6. The van der Waals surface area contributed by atoms with E-state index in [-0.39, 0.29) is 18.0 Å². The molecular weight excluding hydrogens is 232 g/mol. The van der Waals surface area contributed by atoms with Gasteiger partial charge in [0.05, 0.1) is 11.3 Å². The molecule has 18 heavy (non-hydrogen) atoms. The number of ether oxygens (including phenoxy) is 2. The van der Waals surface area contributed by atoms with Gasteiger partial charge in [-0.2, -0.15) is 0 Å². The fourth-order valence-corrected chi connectivity index (χ4v) is 2.22. The van der Waals surface area contributed by atoms with Crippen LogP contribution in [-0.2, 0) is 19.1 Å². The van der Waals surface area contributed by atoms with Crippen molar-refractivity contribution in [1.29, 1.82) is 0 Å². The van der Waals surface area contributed by atoms with Crippen LogP contribution in [0.15, 0.2) is 0 Å². The lowest BCUT2D eigenvalue weighted by atomic mass is 9.83. The Hall–Kier alpha value is -1.06. The van der Waals surface area contributed by atoms with Gasteiger partial charge in [0.2, 0.25) is 0 Å². The zero-order valence-electron chi connectivity index (χ0n) is 12.2. The van der Waals surface area contributed by atoms with Crippen LogP contribution in [0.25, 0.3) is 0 Å². The molecule has 0 amide bonds. The van der Waals surface area contributed by atoms with Gasteiger partial charge in [-0.3, -0.25) is 9.59 Å². The first-order valence-corrected chi connectivity index (χ1v) is 6.65. The van der Waals surface area contributed by atoms with Gasteiger partial charge in [-0.15, -0.1) is 0 Å². The van der Waals surface area contributed by atoms with Crippen LogP contribution in [0, 0.1) is 11.3 Å². The smallest absolute Gasteiger partial charge is 0.313 e. The molecule has 1 aliphatic heterocycles. The van der Waals surface area contributed by atoms with Crippen LogP contribution < -0.4 is 0 Å². The first kappa shape index (κ1) is 15.0. The monoisotopic (exact) mass is 256 g/mol. The predicted octanol–water partition coefficient (Wildman–Crippen LogP) is 2.70. The Labute approximate surface area is 109 Å². The van der Waals surface area contributed by atoms with Gasteiger partial charge < -0.3 is 9.47 Å². The Morgan fingerprint density at radius 1 is 1.39 bits per heavy atom. The molecule has 0 N–H and O–H groups in total. The van der Waals surface area contributed by atoms with E-state index in [1.807, 2.05) is 27.7 Å². The summed E-state index contributed by atoms with van der Waals surface area (Å²) in [5, 5.41) is 0. The summed E-state index contributed by atoms with van der Waals surface area (Å²) in [4.78, 5) is 23.9. The summed E-state index contributed by atoms with van der Waals surface area (Å²) in [7, 11) is 0. The molecule has 4 heteroatoms. The molecule has 1 heterocycles. The van der Waals surface area contributed by atoms with Crippen LogP contribution in [0.3, 0.4) is 0 Å². The summed E-state index contributed by atoms with van der Waals surface area (Å²) in [6.07, 6.45) is 0.886. The number of hydrogen-bond acceptors (Lipinski definition) is 4. The van der Waals surface area contributed by atoms with E-state index in [9.17, 15) is 9.59 Å². The van der Waals surface area contributed by atoms with Gasteiger partial charge in [-0.05, 0) is 40.5 Å². The fourth-order valence-electron chi connectivity index (χ4n) is 2.22. The highest BCUT2D eigenvalue weighted by molar-refractivity contribution is 5.80. The molecule has 0 bridgehead atoms. The summed E-state index contributed by atoms with van der Waals surface area (Å²) < 4.78 is 10.9. The summed E-state index contributed by atoms with van der Waals surface area (Å²) in [5.74, 6) is -0.954. The van der Waals surface area contributed by atoms with E-state index < -0.39 is 16.9 Å². The minimum atomic E-state index is -0.819. The van der Waals surface area contributed by atoms with Crippen LogP contribution in [0.2, 0.25) is 0 Å². The second-order valence-corrected chi connectivity index (χ2v) is 5.74. The van der Waals surface area contributed by atoms with Gasteiger partial charge in [-0.25, -0.2) is 0 Å². The van der Waals surface area contributed by atoms with Crippen LogP contribution in [0.4, 0.5) is 0 Å². The van der Waals surface area contributed by atoms with E-state index in [1.165, 1.54) is 0 Å². The molecule has 3 atom stereocenters. The SMILES string of the molecule is CCC(C)(C)C(=O)OC1(CC)C(C)OC(=O)C1C. The molecule has 1 fully saturated rings. The van der Waals surface area contributed by atoms with E-state index in [4.69, 9.17) is 9.47 Å². The van der Waals surface area contributed by atoms with Crippen LogP contribution >= 0.6 is 0 Å². The lowest BCUT2D eigenvalue weighted by Gasteiger charge is -2.35. The molecule has 4 nitrogen and oxygen atoms in total. The molecule has 0 aliphatic carbocycles. The number of cyclic esters (lactones) is 1. The topological polar surface area (TPSA) is 52.6 Å². The second kappa shape index (κ2) is 4.90. The first-order chi connectivity index (χ1) is 8.21. The van der Waals surface area contributed by atoms with Crippen LogP contribution in [-0.4, -0.2) is 23.6 Å². The number of rotatable bonds is 4. The molecular formula is C14H24O4. The molecule has 0 aromatic rings. The van der Waals surface area contributed by atoms with Gasteiger partial charge in [-0.1, -0.05) is 13.8 Å². The average Bonchev–Trinajstić information content (AvgIpc) is 2.53. The highest BCUT2D eigenvalue weighted by Gasteiger charge is 2.56. The van der Waals surface area contributed by atoms with Gasteiger partial charge in [0, 0.05) is 0 Å². The second-order valence-electron chi connectivity index (χ2n) is 5.74. The summed E-state index contributed by atoms with van der Waals surface area (Å²) >= 11 is 0. The maximum absolute atomic E-state index is 12.2. The Balaban J connectivity index is 2.98. The van der Waals surface area contributed by atoms with E-state index in [0.717, 1.165) is 0 Å². The minimum absolute atomic E-state index is 0.260. The highest BCUT2D eigenvalue weighted by Crippen LogP contribution is 2.40.